The van der Waals surface area contributed by atoms with Crippen LogP contribution < -0.4 is 5.32 Å². The highest BCUT2D eigenvalue weighted by Crippen LogP contribution is 2.47. The summed E-state index contributed by atoms with van der Waals surface area (Å²) >= 11 is 0. The standard InChI is InChI=1S/C44H84NO12P/c1-3-5-7-9-11-13-15-17-19-21-23-25-27-29-31-35(46)33-38(48)45-36(34-56-58(54,55)57-44-42(52)40(50)39(49)41(51)43(44)53)37(47)32-30-28-26-24-22-20-18-16-14-12-10-8-6-4-2/h19,21,30,32,35-37,39-44,46-47,49-53H,3-18,20,22-29,31,33-34H2,1-2H3,(H,45,48)(H,54,55)/b21-19-,32-30+. The third-order valence-corrected chi connectivity index (χ3v) is 12.0. The smallest absolute Gasteiger partial charge is 0.393 e. The maximum atomic E-state index is 13.0. The summed E-state index contributed by atoms with van der Waals surface area (Å²) in [5.41, 5.74) is 0. The van der Waals surface area contributed by atoms with E-state index in [1.54, 1.807) is 6.08 Å². The van der Waals surface area contributed by atoms with Crippen LogP contribution >= 0.6 is 7.82 Å². The zero-order chi connectivity index (χ0) is 43.0. The summed E-state index contributed by atoms with van der Waals surface area (Å²) in [5.74, 6) is -0.602. The Morgan fingerprint density at radius 1 is 0.603 bits per heavy atom. The van der Waals surface area contributed by atoms with Gasteiger partial charge in [0.2, 0.25) is 5.91 Å². The Morgan fingerprint density at radius 2 is 1.00 bits per heavy atom. The number of allylic oxidation sites excluding steroid dienone is 3. The van der Waals surface area contributed by atoms with Gasteiger partial charge < -0.3 is 46.0 Å². The first-order chi connectivity index (χ1) is 27.8. The van der Waals surface area contributed by atoms with Gasteiger partial charge in [-0.15, -0.1) is 0 Å². The van der Waals surface area contributed by atoms with Crippen LogP contribution in [-0.4, -0.2) is 108 Å². The number of phosphoric ester groups is 1. The van der Waals surface area contributed by atoms with Gasteiger partial charge in [0.1, 0.15) is 36.6 Å². The van der Waals surface area contributed by atoms with Gasteiger partial charge in [0, 0.05) is 0 Å². The Morgan fingerprint density at radius 3 is 1.47 bits per heavy atom. The topological polar surface area (TPSA) is 226 Å². The second-order valence-electron chi connectivity index (χ2n) is 16.4. The molecule has 14 heteroatoms. The Kier molecular flexibility index (Phi) is 32.5. The first-order valence-electron chi connectivity index (χ1n) is 22.9. The van der Waals surface area contributed by atoms with Gasteiger partial charge in [0.25, 0.3) is 0 Å². The summed E-state index contributed by atoms with van der Waals surface area (Å²) in [7, 11) is -5.14. The van der Waals surface area contributed by atoms with Crippen LogP contribution in [0.15, 0.2) is 24.3 Å². The fourth-order valence-corrected chi connectivity index (χ4v) is 8.20. The zero-order valence-electron chi connectivity index (χ0n) is 36.0. The SMILES string of the molecule is CCCCCCCCC/C=C\CCCCCC(O)CC(=O)NC(COP(=O)(O)OC1C(O)C(O)C(O)C(O)C1O)C(O)/C=C/CCCCCCCCCCCCCC. The van der Waals surface area contributed by atoms with E-state index in [0.29, 0.717) is 12.8 Å². The van der Waals surface area contributed by atoms with E-state index in [1.165, 1.54) is 109 Å². The van der Waals surface area contributed by atoms with Gasteiger partial charge >= 0.3 is 7.82 Å². The minimum absolute atomic E-state index is 0.254. The van der Waals surface area contributed by atoms with E-state index in [4.69, 9.17) is 9.05 Å². The average molecular weight is 850 g/mol. The fourth-order valence-electron chi connectivity index (χ4n) is 7.23. The Hall–Kier alpha value is -1.22. The van der Waals surface area contributed by atoms with E-state index in [-0.39, 0.29) is 6.42 Å². The van der Waals surface area contributed by atoms with Crippen LogP contribution in [-0.2, 0) is 18.4 Å². The molecule has 342 valence electrons. The molecule has 1 aliphatic carbocycles. The molecule has 13 nitrogen and oxygen atoms in total. The van der Waals surface area contributed by atoms with Gasteiger partial charge in [-0.2, -0.15) is 0 Å². The van der Waals surface area contributed by atoms with Crippen LogP contribution in [0, 0.1) is 0 Å². The van der Waals surface area contributed by atoms with Gasteiger partial charge in [-0.3, -0.25) is 13.8 Å². The van der Waals surface area contributed by atoms with Gasteiger partial charge in [-0.05, 0) is 44.9 Å². The number of carbonyl (C=O) groups is 1. The molecule has 1 aliphatic rings. The highest BCUT2D eigenvalue weighted by atomic mass is 31.2. The molecule has 0 aliphatic heterocycles. The first-order valence-corrected chi connectivity index (χ1v) is 24.4. The van der Waals surface area contributed by atoms with Crippen molar-refractivity contribution in [2.45, 2.75) is 242 Å². The molecule has 0 radical (unpaired) electrons. The quantitative estimate of drug-likeness (QED) is 0.0172. The van der Waals surface area contributed by atoms with Crippen molar-refractivity contribution in [3.05, 3.63) is 24.3 Å². The van der Waals surface area contributed by atoms with Gasteiger partial charge in [-0.1, -0.05) is 160 Å². The predicted molar refractivity (Wildman–Crippen MR) is 229 cm³/mol. The number of unbranched alkanes of at least 4 members (excludes halogenated alkanes) is 22. The number of phosphoric acid groups is 1. The molecule has 0 heterocycles. The van der Waals surface area contributed by atoms with E-state index in [2.05, 4.69) is 31.3 Å². The molecule has 8 atom stereocenters. The summed E-state index contributed by atoms with van der Waals surface area (Å²) in [6.07, 6.45) is 22.7. The summed E-state index contributed by atoms with van der Waals surface area (Å²) in [6, 6.07) is -1.24. The number of nitrogens with one attached hydrogen (secondary N) is 1. The predicted octanol–water partition coefficient (Wildman–Crippen LogP) is 7.20. The van der Waals surface area contributed by atoms with Crippen LogP contribution in [0.5, 0.6) is 0 Å². The van der Waals surface area contributed by atoms with Crippen LogP contribution in [0.2, 0.25) is 0 Å². The molecule has 1 amide bonds. The summed E-state index contributed by atoms with van der Waals surface area (Å²) in [5, 5.41) is 74.4. The second-order valence-corrected chi connectivity index (χ2v) is 17.8. The van der Waals surface area contributed by atoms with Gasteiger partial charge in [0.05, 0.1) is 31.3 Å². The molecule has 0 saturated heterocycles. The number of aliphatic hydroxyl groups excluding tert-OH is 7. The Balaban J connectivity index is 2.58. The molecule has 8 unspecified atom stereocenters. The normalized spacial score (nSPS) is 24.0. The number of carbonyl (C=O) groups excluding carboxylic acids is 1. The largest absolute Gasteiger partial charge is 0.472 e. The Labute approximate surface area is 350 Å². The summed E-state index contributed by atoms with van der Waals surface area (Å²) in [4.78, 5) is 23.4. The van der Waals surface area contributed by atoms with Crippen molar-refractivity contribution in [1.82, 2.24) is 5.32 Å². The zero-order valence-corrected chi connectivity index (χ0v) is 36.9. The van der Waals surface area contributed by atoms with Crippen molar-refractivity contribution in [3.8, 4) is 0 Å². The molecule has 58 heavy (non-hydrogen) atoms. The highest BCUT2D eigenvalue weighted by molar-refractivity contribution is 7.47. The minimum Gasteiger partial charge on any atom is -0.393 e. The van der Waals surface area contributed by atoms with Crippen LogP contribution in [0.4, 0.5) is 0 Å². The molecular formula is C44H84NO12P. The van der Waals surface area contributed by atoms with Crippen molar-refractivity contribution < 1.29 is 59.0 Å². The number of aliphatic hydroxyl groups is 7. The molecule has 1 saturated carbocycles. The molecule has 0 bridgehead atoms. The van der Waals surface area contributed by atoms with Crippen molar-refractivity contribution in [3.63, 3.8) is 0 Å². The second kappa shape index (κ2) is 34.4. The monoisotopic (exact) mass is 850 g/mol. The number of rotatable bonds is 37. The summed E-state index contributed by atoms with van der Waals surface area (Å²) < 4.78 is 22.8. The third kappa shape index (κ3) is 26.2. The lowest BCUT2D eigenvalue weighted by molar-refractivity contribution is -0.220. The van der Waals surface area contributed by atoms with E-state index < -0.39 is 75.2 Å². The Bertz CT molecular complexity index is 1100. The van der Waals surface area contributed by atoms with Crippen molar-refractivity contribution in [1.29, 1.82) is 0 Å². The molecule has 1 rings (SSSR count). The van der Waals surface area contributed by atoms with Crippen molar-refractivity contribution >= 4 is 13.7 Å². The third-order valence-electron chi connectivity index (χ3n) is 11.0. The maximum Gasteiger partial charge on any atom is 0.472 e. The van der Waals surface area contributed by atoms with Crippen LogP contribution in [0.1, 0.15) is 187 Å². The lowest BCUT2D eigenvalue weighted by atomic mass is 9.85. The molecule has 9 N–H and O–H groups in total. The van der Waals surface area contributed by atoms with E-state index >= 15 is 0 Å². The number of hydrogen-bond acceptors (Lipinski definition) is 11. The molecule has 0 aromatic heterocycles. The molecule has 0 aromatic rings. The minimum atomic E-state index is -5.14. The van der Waals surface area contributed by atoms with Gasteiger partial charge in [-0.25, -0.2) is 4.57 Å². The highest BCUT2D eigenvalue weighted by Gasteiger charge is 2.51. The van der Waals surface area contributed by atoms with E-state index in [9.17, 15) is 50.0 Å². The molecular weight excluding hydrogens is 765 g/mol. The van der Waals surface area contributed by atoms with Crippen molar-refractivity contribution in [2.75, 3.05) is 6.61 Å². The summed E-state index contributed by atoms with van der Waals surface area (Å²) in [6.45, 7) is 3.72. The number of amides is 1. The average Bonchev–Trinajstić information content (AvgIpc) is 3.19. The van der Waals surface area contributed by atoms with Crippen LogP contribution in [0.25, 0.3) is 0 Å². The van der Waals surface area contributed by atoms with E-state index in [1.807, 2.05) is 0 Å². The molecule has 0 spiro atoms. The van der Waals surface area contributed by atoms with E-state index in [0.717, 1.165) is 51.4 Å². The molecule has 0 aromatic carbocycles. The fraction of sp³-hybridized carbons (Fsp3) is 0.886. The number of hydrogen-bond donors (Lipinski definition) is 9. The maximum absolute atomic E-state index is 13.0. The lowest BCUT2D eigenvalue weighted by Gasteiger charge is -2.41. The van der Waals surface area contributed by atoms with Crippen molar-refractivity contribution in [2.24, 2.45) is 0 Å². The van der Waals surface area contributed by atoms with Crippen LogP contribution in [0.3, 0.4) is 0 Å². The van der Waals surface area contributed by atoms with Gasteiger partial charge in [0.15, 0.2) is 0 Å². The lowest BCUT2D eigenvalue weighted by Crippen LogP contribution is -2.64. The first kappa shape index (κ1) is 54.8. The molecule has 1 fully saturated rings.